The van der Waals surface area contributed by atoms with Crippen molar-refractivity contribution in [3.05, 3.63) is 273 Å². The van der Waals surface area contributed by atoms with Crippen molar-refractivity contribution in [2.75, 3.05) is 13.2 Å². The van der Waals surface area contributed by atoms with E-state index in [4.69, 9.17) is 21.3 Å². The molecule has 19 heteroatoms. The number of rotatable bonds is 8. The number of nitrogens with one attached hydrogen (secondary N) is 3. The molecular formula is C101H90N12O7. The van der Waals surface area contributed by atoms with E-state index in [1.807, 2.05) is 109 Å². The normalized spacial score (nSPS) is 14.0. The van der Waals surface area contributed by atoms with Gasteiger partial charge in [0.1, 0.15) is 23.0 Å². The molecule has 0 unspecified atom stereocenters. The molecule has 5 aliphatic rings. The first-order valence-electron chi connectivity index (χ1n) is 42.1. The number of nitrogens with zero attached hydrogens (tertiary/aromatic N) is 9. The monoisotopic (exact) mass is 1580 g/mol. The van der Waals surface area contributed by atoms with Crippen LogP contribution in [0.4, 0.5) is 5.69 Å². The summed E-state index contributed by atoms with van der Waals surface area (Å²) in [5.74, 6) is 0.831. The summed E-state index contributed by atoms with van der Waals surface area (Å²) in [5.41, 5.74) is 32.3. The lowest BCUT2D eigenvalue weighted by Crippen LogP contribution is -2.16. The van der Waals surface area contributed by atoms with Crippen molar-refractivity contribution in [2.24, 2.45) is 0 Å². The van der Waals surface area contributed by atoms with Crippen LogP contribution in [0.5, 0.6) is 23.0 Å². The van der Waals surface area contributed by atoms with Crippen LogP contribution in [0.1, 0.15) is 137 Å². The molecule has 8 N–H and O–H groups in total. The fraction of sp³-hybridized carbons (Fsp3) is 0.238. The second kappa shape index (κ2) is 32.9. The molecule has 0 atom stereocenters. The first-order valence-corrected chi connectivity index (χ1v) is 42.1. The molecule has 5 aliphatic carbocycles. The van der Waals surface area contributed by atoms with Crippen LogP contribution in [0.2, 0.25) is 0 Å². The Bertz CT molecular complexity index is 7040. The number of carbonyl (C=O) groups excluding carboxylic acids is 1. The van der Waals surface area contributed by atoms with Crippen LogP contribution in [-0.4, -0.2) is 99.6 Å². The molecule has 596 valence electrons. The Kier molecular flexibility index (Phi) is 20.9. The molecule has 0 amide bonds. The van der Waals surface area contributed by atoms with Gasteiger partial charge >= 0.3 is 5.97 Å². The van der Waals surface area contributed by atoms with E-state index in [2.05, 4.69) is 93.6 Å². The standard InChI is InChI=1S/C22H21N3O2.C22H17N3O.C21H18N2O.C19H17NO.C17H17N3O2/c26-12-11-25-20-10-9-19-21(18(20)13-23-25)16-3-1-2-4-17(16)22(24-19)14-5-7-15(27)8-6-14;1-23-19-12-24-17-10-11-18-20(21(17)19)15-4-2-3-5-16(15)22(25-18)13-6-8-14(26)9-7-13;24-15-8-5-13(6-9-15)19-17-4-2-1-3-16(17)18-10-7-14-11-12-22-20(14)21(18)23-19;21-14-11-9-13(10-12-14)19-17-7-2-1-5-15(17)16-6-3-4-8-18(16)20-19;1-2-22-17(21)16-11-6-4-3-5-10(11)15-12-9-18-20-13(12)7-8-14(15)19-16/h5-10,13,26-27H,1-4,11-12H2;6-12,25-26H,2-5H2;5-12,23-24H,1-4H2;3-4,6,8-12,21H,1-2,5,7H2;7-9H,2-6H2,1H3,(H,18,20). The van der Waals surface area contributed by atoms with E-state index >= 15 is 0 Å². The summed E-state index contributed by atoms with van der Waals surface area (Å²) in [5, 5.41) is 69.7. The summed E-state index contributed by atoms with van der Waals surface area (Å²) in [6.45, 7) is 10.3. The summed E-state index contributed by atoms with van der Waals surface area (Å²) in [6.07, 6.45) is 29.6. The molecule has 0 bridgehead atoms. The number of aryl methyl sites for hydroxylation is 5. The minimum absolute atomic E-state index is 0.0744. The number of hydrogen-bond acceptors (Lipinski definition) is 14. The molecule has 0 saturated carbocycles. The summed E-state index contributed by atoms with van der Waals surface area (Å²) in [4.78, 5) is 46.8. The number of pyridine rings is 5. The second-order valence-corrected chi connectivity index (χ2v) is 31.9. The molecule has 9 aromatic heterocycles. The topological polar surface area (TPSA) is 274 Å². The fourth-order valence-corrected chi connectivity index (χ4v) is 19.3. The van der Waals surface area contributed by atoms with Gasteiger partial charge in [0.25, 0.3) is 0 Å². The molecule has 19 nitrogen and oxygen atoms in total. The van der Waals surface area contributed by atoms with Gasteiger partial charge in [-0.2, -0.15) is 10.2 Å². The number of H-pyrrole nitrogens is 3. The van der Waals surface area contributed by atoms with E-state index in [9.17, 15) is 30.3 Å². The molecule has 0 spiro atoms. The number of aliphatic hydroxyl groups is 1. The van der Waals surface area contributed by atoms with Gasteiger partial charge in [-0.1, -0.05) is 30.3 Å². The smallest absolute Gasteiger partial charge is 0.357 e. The fourth-order valence-electron chi connectivity index (χ4n) is 19.3. The van der Waals surface area contributed by atoms with Crippen LogP contribution < -0.4 is 0 Å². The number of phenols is 4. The van der Waals surface area contributed by atoms with E-state index in [1.165, 1.54) is 129 Å². The molecule has 0 saturated heterocycles. The maximum Gasteiger partial charge on any atom is 0.357 e. The number of aromatic amines is 3. The van der Waals surface area contributed by atoms with Crippen LogP contribution in [0.15, 0.2) is 201 Å². The van der Waals surface area contributed by atoms with Gasteiger partial charge in [-0.3, -0.25) is 19.7 Å². The van der Waals surface area contributed by atoms with Crippen LogP contribution >= 0.6 is 0 Å². The molecule has 0 aliphatic heterocycles. The number of aromatic hydroxyl groups is 4. The molecular weight excluding hydrogens is 1490 g/mol. The average molecular weight is 1580 g/mol. The highest BCUT2D eigenvalue weighted by atomic mass is 16.5. The third-order valence-corrected chi connectivity index (χ3v) is 24.8. The zero-order valence-electron chi connectivity index (χ0n) is 66.9. The average Bonchev–Trinajstić information content (AvgIpc) is 1.25. The quantitative estimate of drug-likeness (QED) is 0.0519. The van der Waals surface area contributed by atoms with Gasteiger partial charge < -0.3 is 40.2 Å². The lowest BCUT2D eigenvalue weighted by atomic mass is 9.85. The molecule has 9 heterocycles. The highest BCUT2D eigenvalue weighted by Gasteiger charge is 2.29. The maximum absolute atomic E-state index is 12.3. The third kappa shape index (κ3) is 14.3. The van der Waals surface area contributed by atoms with Crippen molar-refractivity contribution in [1.82, 2.24) is 54.9 Å². The number of phenolic OH excluding ortho intramolecular Hbond substituents is 4. The van der Waals surface area contributed by atoms with Gasteiger partial charge in [-0.25, -0.2) is 24.6 Å². The number of fused-ring (bicyclic) bond motifs is 23. The molecule has 0 fully saturated rings. The van der Waals surface area contributed by atoms with Crippen LogP contribution in [0.3, 0.4) is 0 Å². The first kappa shape index (κ1) is 76.2. The Morgan fingerprint density at radius 1 is 0.442 bits per heavy atom. The molecule has 0 radical (unpaired) electrons. The number of esters is 1. The van der Waals surface area contributed by atoms with Crippen LogP contribution in [0.25, 0.3) is 148 Å². The van der Waals surface area contributed by atoms with Crippen LogP contribution in [0, 0.1) is 6.57 Å². The number of carbonyl (C=O) groups is 1. The van der Waals surface area contributed by atoms with Crippen molar-refractivity contribution in [2.45, 2.75) is 142 Å². The number of aliphatic hydroxyl groups excluding tert-OH is 1. The predicted molar refractivity (Wildman–Crippen MR) is 476 cm³/mol. The number of aromatic nitrogens is 11. The van der Waals surface area contributed by atoms with E-state index < -0.39 is 0 Å². The largest absolute Gasteiger partial charge is 0.508 e. The third-order valence-electron chi connectivity index (χ3n) is 24.8. The van der Waals surface area contributed by atoms with E-state index in [-0.39, 0.29) is 24.1 Å². The Balaban J connectivity index is 0.0000000995. The minimum atomic E-state index is -0.310. The van der Waals surface area contributed by atoms with Gasteiger partial charge in [0.2, 0.25) is 5.69 Å². The molecule has 23 rings (SSSR count). The van der Waals surface area contributed by atoms with Crippen molar-refractivity contribution >= 4 is 110 Å². The molecule has 9 aromatic carbocycles. The lowest BCUT2D eigenvalue weighted by molar-refractivity contribution is 0.0518. The summed E-state index contributed by atoms with van der Waals surface area (Å²) < 4.78 is 7.05. The van der Waals surface area contributed by atoms with Crippen molar-refractivity contribution in [1.29, 1.82) is 0 Å². The highest BCUT2D eigenvalue weighted by Crippen LogP contribution is 2.45. The number of para-hydroxylation sites is 1. The van der Waals surface area contributed by atoms with Gasteiger partial charge in [0.05, 0.1) is 94.2 Å². The van der Waals surface area contributed by atoms with Gasteiger partial charge in [-0.05, 0) is 348 Å². The van der Waals surface area contributed by atoms with E-state index in [1.54, 1.807) is 54.7 Å². The Morgan fingerprint density at radius 3 is 1.58 bits per heavy atom. The Morgan fingerprint density at radius 2 is 0.950 bits per heavy atom. The summed E-state index contributed by atoms with van der Waals surface area (Å²) >= 11 is 0. The van der Waals surface area contributed by atoms with Crippen molar-refractivity contribution < 1.29 is 35.1 Å². The SMILES string of the molecule is CCOC(=O)c1nc2ccc3[nH]ncc3c2c2c1CCCC2.OCCn1ncc2c3c4c(c(-c5ccc(O)cc5)nc3ccc21)CCCC4.Oc1ccc(-c2[nH]c3c(ccc4ccnc43)c3c2CCCC3)cc1.Oc1ccc(-c2nc3ccccc3c3c2CCCC3)cc1.[C-]#[N+]c1cnc2ccc3[nH]c(-c4ccc(O)cc4)c4c(c3c12)CCCC4. The minimum Gasteiger partial charge on any atom is -0.508 e. The zero-order chi connectivity index (χ0) is 81.5. The van der Waals surface area contributed by atoms with E-state index in [0.29, 0.717) is 36.0 Å². The number of hydrogen-bond donors (Lipinski definition) is 8. The lowest BCUT2D eigenvalue weighted by Gasteiger charge is -2.23. The Labute approximate surface area is 692 Å². The van der Waals surface area contributed by atoms with E-state index in [0.717, 1.165) is 199 Å². The summed E-state index contributed by atoms with van der Waals surface area (Å²) in [6, 6.07) is 56.5. The first-order chi connectivity index (χ1) is 58.9. The summed E-state index contributed by atoms with van der Waals surface area (Å²) in [7, 11) is 0. The number of ether oxygens (including phenoxy) is 1. The van der Waals surface area contributed by atoms with Crippen molar-refractivity contribution in [3.8, 4) is 68.0 Å². The zero-order valence-corrected chi connectivity index (χ0v) is 66.9. The molecule has 120 heavy (non-hydrogen) atoms. The second-order valence-electron chi connectivity index (χ2n) is 31.9. The van der Waals surface area contributed by atoms with Crippen LogP contribution in [-0.2, 0) is 75.5 Å². The van der Waals surface area contributed by atoms with Crippen molar-refractivity contribution in [3.63, 3.8) is 0 Å². The molecule has 18 aromatic rings. The van der Waals surface area contributed by atoms with Gasteiger partial charge in [-0.15, -0.1) is 0 Å². The number of benzene rings is 9. The van der Waals surface area contributed by atoms with Gasteiger partial charge in [0.15, 0.2) is 5.69 Å². The van der Waals surface area contributed by atoms with Gasteiger partial charge in [0, 0.05) is 88.9 Å². The Hall–Kier alpha value is -13.8. The maximum atomic E-state index is 12.3. The highest BCUT2D eigenvalue weighted by molar-refractivity contribution is 6.15. The predicted octanol–water partition coefficient (Wildman–Crippen LogP) is 22.0.